The van der Waals surface area contributed by atoms with E-state index in [1.54, 1.807) is 18.2 Å². The summed E-state index contributed by atoms with van der Waals surface area (Å²) in [6, 6.07) is 4.97. The van der Waals surface area contributed by atoms with Crippen LogP contribution in [0.2, 0.25) is 0 Å². The number of carboxylic acid groups (broad SMARTS) is 1. The van der Waals surface area contributed by atoms with Crippen LogP contribution < -0.4 is 10.9 Å². The third kappa shape index (κ3) is 2.19. The lowest BCUT2D eigenvalue weighted by atomic mass is 10.3. The first kappa shape index (κ1) is 11.8. The van der Waals surface area contributed by atoms with Gasteiger partial charge in [-0.1, -0.05) is 6.07 Å². The SMILES string of the molecule is O=C(O)CNC(=O)c1cnc2ccccn2c1=O. The number of aliphatic carboxylic acids is 1. The van der Waals surface area contributed by atoms with E-state index in [1.165, 1.54) is 10.6 Å². The number of carbonyl (C=O) groups excluding carboxylic acids is 1. The molecule has 2 aromatic heterocycles. The molecule has 18 heavy (non-hydrogen) atoms. The van der Waals surface area contributed by atoms with E-state index in [0.717, 1.165) is 6.20 Å². The molecule has 0 aliphatic heterocycles. The molecule has 2 heterocycles. The van der Waals surface area contributed by atoms with Gasteiger partial charge >= 0.3 is 5.97 Å². The first-order chi connectivity index (χ1) is 8.59. The first-order valence-corrected chi connectivity index (χ1v) is 5.06. The van der Waals surface area contributed by atoms with E-state index in [0.29, 0.717) is 5.65 Å². The summed E-state index contributed by atoms with van der Waals surface area (Å²) in [5.74, 6) is -1.94. The number of carbonyl (C=O) groups is 2. The van der Waals surface area contributed by atoms with E-state index >= 15 is 0 Å². The molecule has 0 unspecified atom stereocenters. The van der Waals surface area contributed by atoms with Crippen LogP contribution in [0.1, 0.15) is 10.4 Å². The summed E-state index contributed by atoms with van der Waals surface area (Å²) in [6.45, 7) is -0.546. The van der Waals surface area contributed by atoms with Crippen LogP contribution >= 0.6 is 0 Å². The van der Waals surface area contributed by atoms with Gasteiger partial charge in [0.15, 0.2) is 0 Å². The molecule has 1 amide bonds. The van der Waals surface area contributed by atoms with Crippen molar-refractivity contribution in [3.05, 3.63) is 46.5 Å². The normalized spacial score (nSPS) is 10.2. The third-order valence-corrected chi connectivity index (χ3v) is 2.26. The van der Waals surface area contributed by atoms with Crippen molar-refractivity contribution in [2.45, 2.75) is 0 Å². The quantitative estimate of drug-likeness (QED) is 0.762. The maximum absolute atomic E-state index is 11.9. The van der Waals surface area contributed by atoms with Crippen molar-refractivity contribution in [2.24, 2.45) is 0 Å². The number of hydrogen-bond donors (Lipinski definition) is 2. The van der Waals surface area contributed by atoms with Gasteiger partial charge in [-0.15, -0.1) is 0 Å². The molecular formula is C11H9N3O4. The second-order valence-corrected chi connectivity index (χ2v) is 3.48. The second-order valence-electron chi connectivity index (χ2n) is 3.48. The van der Waals surface area contributed by atoms with Crippen molar-refractivity contribution in [1.29, 1.82) is 0 Å². The zero-order valence-electron chi connectivity index (χ0n) is 9.16. The minimum atomic E-state index is -1.18. The molecule has 7 heteroatoms. The van der Waals surface area contributed by atoms with E-state index in [4.69, 9.17) is 5.11 Å². The lowest BCUT2D eigenvalue weighted by molar-refractivity contribution is -0.135. The average molecular weight is 247 g/mol. The van der Waals surface area contributed by atoms with Gasteiger partial charge in [0.05, 0.1) is 0 Å². The molecule has 0 saturated heterocycles. The molecule has 92 valence electrons. The number of aromatic nitrogens is 2. The maximum Gasteiger partial charge on any atom is 0.322 e. The highest BCUT2D eigenvalue weighted by Gasteiger charge is 2.13. The number of nitrogens with one attached hydrogen (secondary N) is 1. The predicted octanol–water partition coefficient (Wildman–Crippen LogP) is -0.491. The Balaban J connectivity index is 2.40. The van der Waals surface area contributed by atoms with Crippen molar-refractivity contribution < 1.29 is 14.7 Å². The van der Waals surface area contributed by atoms with Crippen LogP contribution in [0.5, 0.6) is 0 Å². The molecule has 0 fully saturated rings. The van der Waals surface area contributed by atoms with Crippen LogP contribution in [-0.4, -0.2) is 32.9 Å². The summed E-state index contributed by atoms with van der Waals surface area (Å²) in [5, 5.41) is 10.5. The van der Waals surface area contributed by atoms with Gasteiger partial charge in [0, 0.05) is 12.4 Å². The Morgan fingerprint density at radius 1 is 1.39 bits per heavy atom. The van der Waals surface area contributed by atoms with Crippen LogP contribution in [0.25, 0.3) is 5.65 Å². The summed E-state index contributed by atoms with van der Waals surface area (Å²) in [4.78, 5) is 37.8. The summed E-state index contributed by atoms with van der Waals surface area (Å²) >= 11 is 0. The summed E-state index contributed by atoms with van der Waals surface area (Å²) in [7, 11) is 0. The zero-order valence-corrected chi connectivity index (χ0v) is 9.16. The molecule has 0 aromatic carbocycles. The Hall–Kier alpha value is -2.70. The molecule has 0 radical (unpaired) electrons. The monoisotopic (exact) mass is 247 g/mol. The lowest BCUT2D eigenvalue weighted by Gasteiger charge is -2.03. The van der Waals surface area contributed by atoms with E-state index in [-0.39, 0.29) is 5.56 Å². The van der Waals surface area contributed by atoms with Crippen LogP contribution in [0, 0.1) is 0 Å². The smallest absolute Gasteiger partial charge is 0.322 e. The zero-order chi connectivity index (χ0) is 13.1. The maximum atomic E-state index is 11.9. The highest BCUT2D eigenvalue weighted by atomic mass is 16.4. The minimum absolute atomic E-state index is 0.194. The van der Waals surface area contributed by atoms with Gasteiger partial charge in [0.1, 0.15) is 17.8 Å². The molecule has 2 aromatic rings. The summed E-state index contributed by atoms with van der Waals surface area (Å²) in [5.41, 5.74) is -0.319. The predicted molar refractivity (Wildman–Crippen MR) is 61.4 cm³/mol. The van der Waals surface area contributed by atoms with Crippen molar-refractivity contribution >= 4 is 17.5 Å². The van der Waals surface area contributed by atoms with Gasteiger partial charge < -0.3 is 10.4 Å². The van der Waals surface area contributed by atoms with Gasteiger partial charge in [0.25, 0.3) is 11.5 Å². The van der Waals surface area contributed by atoms with Crippen LogP contribution in [0.15, 0.2) is 35.4 Å². The number of fused-ring (bicyclic) bond motifs is 1. The second kappa shape index (κ2) is 4.66. The van der Waals surface area contributed by atoms with E-state index in [1.807, 2.05) is 0 Å². The topological polar surface area (TPSA) is 101 Å². The molecule has 0 spiro atoms. The summed E-state index contributed by atoms with van der Waals surface area (Å²) in [6.07, 6.45) is 2.62. The van der Waals surface area contributed by atoms with Crippen LogP contribution in [-0.2, 0) is 4.79 Å². The number of amides is 1. The molecule has 0 aliphatic rings. The molecule has 0 bridgehead atoms. The Labute approximate surface area is 101 Å². The highest BCUT2D eigenvalue weighted by Crippen LogP contribution is 1.97. The van der Waals surface area contributed by atoms with Crippen molar-refractivity contribution in [3.8, 4) is 0 Å². The average Bonchev–Trinajstić information content (AvgIpc) is 2.37. The Kier molecular flexibility index (Phi) is 3.05. The van der Waals surface area contributed by atoms with Gasteiger partial charge in [-0.2, -0.15) is 0 Å². The van der Waals surface area contributed by atoms with Gasteiger partial charge in [-0.05, 0) is 12.1 Å². The highest BCUT2D eigenvalue weighted by molar-refractivity contribution is 5.95. The molecule has 0 aliphatic carbocycles. The Morgan fingerprint density at radius 3 is 2.89 bits per heavy atom. The fourth-order valence-corrected chi connectivity index (χ4v) is 1.43. The Morgan fingerprint density at radius 2 is 2.17 bits per heavy atom. The van der Waals surface area contributed by atoms with Crippen molar-refractivity contribution in [1.82, 2.24) is 14.7 Å². The van der Waals surface area contributed by atoms with E-state index in [2.05, 4.69) is 10.3 Å². The van der Waals surface area contributed by atoms with E-state index < -0.39 is 24.0 Å². The number of rotatable bonds is 3. The molecule has 7 nitrogen and oxygen atoms in total. The largest absolute Gasteiger partial charge is 0.480 e. The van der Waals surface area contributed by atoms with Crippen molar-refractivity contribution in [3.63, 3.8) is 0 Å². The van der Waals surface area contributed by atoms with Crippen LogP contribution in [0.3, 0.4) is 0 Å². The van der Waals surface area contributed by atoms with Gasteiger partial charge in [-0.25, -0.2) is 4.98 Å². The van der Waals surface area contributed by atoms with Crippen LogP contribution in [0.4, 0.5) is 0 Å². The minimum Gasteiger partial charge on any atom is -0.480 e. The summed E-state index contributed by atoms with van der Waals surface area (Å²) < 4.78 is 1.22. The molecular weight excluding hydrogens is 238 g/mol. The lowest BCUT2D eigenvalue weighted by Crippen LogP contribution is -2.34. The fraction of sp³-hybridized carbons (Fsp3) is 0.0909. The number of pyridine rings is 1. The molecule has 2 rings (SSSR count). The fourth-order valence-electron chi connectivity index (χ4n) is 1.43. The van der Waals surface area contributed by atoms with Gasteiger partial charge in [0.2, 0.25) is 0 Å². The number of nitrogens with zero attached hydrogens (tertiary/aromatic N) is 2. The molecule has 0 saturated carbocycles. The Bertz CT molecular complexity index is 677. The molecule has 2 N–H and O–H groups in total. The molecule has 0 atom stereocenters. The number of carboxylic acids is 1. The standard InChI is InChI=1S/C11H9N3O4/c15-9(16)6-13-10(17)7-5-12-8-3-1-2-4-14(8)11(7)18/h1-5H,6H2,(H,13,17)(H,15,16). The van der Waals surface area contributed by atoms with E-state index in [9.17, 15) is 14.4 Å². The number of hydrogen-bond acceptors (Lipinski definition) is 4. The third-order valence-electron chi connectivity index (χ3n) is 2.26. The van der Waals surface area contributed by atoms with Gasteiger partial charge in [-0.3, -0.25) is 18.8 Å². The first-order valence-electron chi connectivity index (χ1n) is 5.06. The van der Waals surface area contributed by atoms with Crippen molar-refractivity contribution in [2.75, 3.05) is 6.54 Å².